The maximum Gasteiger partial charge on any atom is 0.237 e. The predicted octanol–water partition coefficient (Wildman–Crippen LogP) is 2.87. The number of nitrogens with two attached hydrogens (primary N) is 1. The molecule has 0 bridgehead atoms. The summed E-state index contributed by atoms with van der Waals surface area (Å²) in [6, 6.07) is 14.3. The minimum atomic E-state index is -0.424. The predicted molar refractivity (Wildman–Crippen MR) is 103 cm³/mol. The highest BCUT2D eigenvalue weighted by Crippen LogP contribution is 2.33. The van der Waals surface area contributed by atoms with E-state index in [1.807, 2.05) is 36.1 Å². The summed E-state index contributed by atoms with van der Waals surface area (Å²) in [5.74, 6) is 5.98. The summed E-state index contributed by atoms with van der Waals surface area (Å²) < 4.78 is 15.2. The van der Waals surface area contributed by atoms with Crippen molar-refractivity contribution in [1.82, 2.24) is 14.9 Å². The second-order valence-corrected chi connectivity index (χ2v) is 7.33. The molecule has 2 heterocycles. The molecule has 0 saturated heterocycles. The van der Waals surface area contributed by atoms with Crippen molar-refractivity contribution in [2.45, 2.75) is 24.5 Å². The van der Waals surface area contributed by atoms with Crippen LogP contribution in [0, 0.1) is 5.82 Å². The molecule has 0 saturated carbocycles. The Hall–Kier alpha value is -2.87. The van der Waals surface area contributed by atoms with E-state index in [1.54, 1.807) is 18.2 Å². The highest BCUT2D eigenvalue weighted by molar-refractivity contribution is 7.99. The number of benzene rings is 2. The van der Waals surface area contributed by atoms with Crippen LogP contribution in [0.25, 0.3) is 11.4 Å². The van der Waals surface area contributed by atoms with Crippen LogP contribution in [0.4, 0.5) is 10.1 Å². The first kappa shape index (κ1) is 17.5. The molecule has 0 spiro atoms. The summed E-state index contributed by atoms with van der Waals surface area (Å²) in [7, 11) is 0. The molecule has 138 valence electrons. The summed E-state index contributed by atoms with van der Waals surface area (Å²) in [5.41, 5.74) is 2.40. The lowest BCUT2D eigenvalue weighted by Crippen LogP contribution is -2.37. The number of anilines is 1. The molecular formula is C19H18FN5OS. The zero-order valence-corrected chi connectivity index (χ0v) is 15.5. The highest BCUT2D eigenvalue weighted by Gasteiger charge is 2.30. The van der Waals surface area contributed by atoms with Crippen molar-refractivity contribution in [1.29, 1.82) is 0 Å². The van der Waals surface area contributed by atoms with E-state index in [1.165, 1.54) is 28.1 Å². The van der Waals surface area contributed by atoms with E-state index >= 15 is 0 Å². The van der Waals surface area contributed by atoms with Crippen molar-refractivity contribution >= 4 is 23.4 Å². The number of hydrogen-bond donors (Lipinski definition) is 1. The van der Waals surface area contributed by atoms with Crippen LogP contribution in [0.1, 0.15) is 12.5 Å². The maximum atomic E-state index is 14.0. The lowest BCUT2D eigenvalue weighted by atomic mass is 10.1. The van der Waals surface area contributed by atoms with Crippen molar-refractivity contribution in [2.24, 2.45) is 0 Å². The minimum absolute atomic E-state index is 0.0205. The average Bonchev–Trinajstić information content (AvgIpc) is 3.19. The van der Waals surface area contributed by atoms with Crippen LogP contribution in [0.2, 0.25) is 0 Å². The molecule has 3 aromatic rings. The van der Waals surface area contributed by atoms with Gasteiger partial charge in [-0.1, -0.05) is 42.1 Å². The van der Waals surface area contributed by atoms with Crippen LogP contribution in [0.15, 0.2) is 53.7 Å². The van der Waals surface area contributed by atoms with Gasteiger partial charge in [0, 0.05) is 11.7 Å². The number of nitrogen functional groups attached to an aromatic ring is 1. The molecule has 1 atom stereocenters. The Morgan fingerprint density at radius 2 is 1.96 bits per heavy atom. The molecule has 1 aliphatic rings. The molecule has 1 amide bonds. The molecule has 0 unspecified atom stereocenters. The Morgan fingerprint density at radius 1 is 1.22 bits per heavy atom. The first-order valence-electron chi connectivity index (χ1n) is 8.54. The third kappa shape index (κ3) is 3.16. The number of halogens is 1. The average molecular weight is 383 g/mol. The second kappa shape index (κ2) is 7.03. The van der Waals surface area contributed by atoms with Crippen LogP contribution >= 0.6 is 11.8 Å². The van der Waals surface area contributed by atoms with Crippen LogP contribution in [-0.4, -0.2) is 32.6 Å². The van der Waals surface area contributed by atoms with E-state index in [2.05, 4.69) is 10.2 Å². The van der Waals surface area contributed by atoms with Gasteiger partial charge >= 0.3 is 0 Å². The van der Waals surface area contributed by atoms with Gasteiger partial charge in [0.25, 0.3) is 0 Å². The van der Waals surface area contributed by atoms with Gasteiger partial charge in [-0.05, 0) is 37.1 Å². The van der Waals surface area contributed by atoms with Gasteiger partial charge in [0.1, 0.15) is 5.82 Å². The monoisotopic (exact) mass is 383 g/mol. The van der Waals surface area contributed by atoms with Gasteiger partial charge in [0.15, 0.2) is 5.82 Å². The molecule has 1 aliphatic heterocycles. The summed E-state index contributed by atoms with van der Waals surface area (Å²) in [6.45, 7) is 2.03. The van der Waals surface area contributed by atoms with E-state index < -0.39 is 5.82 Å². The second-order valence-electron chi connectivity index (χ2n) is 6.39. The van der Waals surface area contributed by atoms with Crippen LogP contribution in [0.5, 0.6) is 0 Å². The number of carbonyl (C=O) groups excluding carboxylic acids is 1. The van der Waals surface area contributed by atoms with Crippen LogP contribution in [0.3, 0.4) is 0 Å². The Kier molecular flexibility index (Phi) is 4.57. The molecule has 2 N–H and O–H groups in total. The molecule has 27 heavy (non-hydrogen) atoms. The molecule has 0 fully saturated rings. The third-order valence-electron chi connectivity index (χ3n) is 4.58. The van der Waals surface area contributed by atoms with Crippen LogP contribution in [-0.2, 0) is 11.2 Å². The highest BCUT2D eigenvalue weighted by atomic mass is 32.2. The summed E-state index contributed by atoms with van der Waals surface area (Å²) in [5, 5.41) is 8.35. The molecule has 2 aromatic carbocycles. The van der Waals surface area contributed by atoms with Crippen molar-refractivity contribution in [3.05, 3.63) is 59.9 Å². The molecule has 8 heteroatoms. The van der Waals surface area contributed by atoms with E-state index in [4.69, 9.17) is 5.84 Å². The number of fused-ring (bicyclic) bond motifs is 1. The molecule has 4 rings (SSSR count). The fourth-order valence-electron chi connectivity index (χ4n) is 3.34. The number of carbonyl (C=O) groups is 1. The van der Waals surface area contributed by atoms with Gasteiger partial charge in [0.05, 0.1) is 11.3 Å². The zero-order valence-electron chi connectivity index (χ0n) is 14.7. The quantitative estimate of drug-likeness (QED) is 0.554. The first-order chi connectivity index (χ1) is 13.1. The Labute approximate surface area is 160 Å². The number of rotatable bonds is 4. The van der Waals surface area contributed by atoms with E-state index in [-0.39, 0.29) is 29.1 Å². The fraction of sp³-hybridized carbons (Fsp3) is 0.211. The van der Waals surface area contributed by atoms with Gasteiger partial charge < -0.3 is 10.7 Å². The Bertz CT molecular complexity index is 1010. The number of hydrogen-bond acceptors (Lipinski definition) is 5. The third-order valence-corrected chi connectivity index (χ3v) is 5.51. The standard InChI is InChI=1S/C19H18FN5OS/c1-12-10-13-6-2-5-9-16(13)24(12)17(26)11-27-19-23-22-18(25(19)21)14-7-3-4-8-15(14)20/h2-9,12H,10-11,21H2,1H3/t12-/m1/s1. The molecular weight excluding hydrogens is 365 g/mol. The summed E-state index contributed by atoms with van der Waals surface area (Å²) >= 11 is 1.19. The largest absolute Gasteiger partial charge is 0.335 e. The van der Waals surface area contributed by atoms with Crippen molar-refractivity contribution in [3.63, 3.8) is 0 Å². The van der Waals surface area contributed by atoms with Crippen molar-refractivity contribution in [3.8, 4) is 11.4 Å². The number of aromatic nitrogens is 3. The van der Waals surface area contributed by atoms with Crippen LogP contribution < -0.4 is 10.7 Å². The lowest BCUT2D eigenvalue weighted by molar-refractivity contribution is -0.116. The topological polar surface area (TPSA) is 77.0 Å². The number of thioether (sulfide) groups is 1. The molecule has 0 radical (unpaired) electrons. The first-order valence-corrected chi connectivity index (χ1v) is 9.53. The number of para-hydroxylation sites is 1. The normalized spacial score (nSPS) is 15.8. The minimum Gasteiger partial charge on any atom is -0.335 e. The number of nitrogens with zero attached hydrogens (tertiary/aromatic N) is 4. The van der Waals surface area contributed by atoms with E-state index in [9.17, 15) is 9.18 Å². The van der Waals surface area contributed by atoms with Crippen molar-refractivity contribution < 1.29 is 9.18 Å². The molecule has 0 aliphatic carbocycles. The van der Waals surface area contributed by atoms with E-state index in [0.717, 1.165) is 12.1 Å². The van der Waals surface area contributed by atoms with Gasteiger partial charge in [-0.15, -0.1) is 10.2 Å². The Balaban J connectivity index is 1.50. The van der Waals surface area contributed by atoms with E-state index in [0.29, 0.717) is 5.16 Å². The molecule has 6 nitrogen and oxygen atoms in total. The van der Waals surface area contributed by atoms with Gasteiger partial charge in [-0.3, -0.25) is 4.79 Å². The fourth-order valence-corrected chi connectivity index (χ4v) is 4.06. The maximum absolute atomic E-state index is 14.0. The number of amides is 1. The zero-order chi connectivity index (χ0) is 19.0. The lowest BCUT2D eigenvalue weighted by Gasteiger charge is -2.22. The van der Waals surface area contributed by atoms with Gasteiger partial charge in [-0.2, -0.15) is 0 Å². The summed E-state index contributed by atoms with van der Waals surface area (Å²) in [4.78, 5) is 14.6. The summed E-state index contributed by atoms with van der Waals surface area (Å²) in [6.07, 6.45) is 0.844. The molecule has 1 aromatic heterocycles. The van der Waals surface area contributed by atoms with Gasteiger partial charge in [-0.25, -0.2) is 9.07 Å². The van der Waals surface area contributed by atoms with Gasteiger partial charge in [0.2, 0.25) is 11.1 Å². The smallest absolute Gasteiger partial charge is 0.237 e. The SMILES string of the molecule is C[C@@H]1Cc2ccccc2N1C(=O)CSc1nnc(-c2ccccc2F)n1N. The van der Waals surface area contributed by atoms with Crippen molar-refractivity contribution in [2.75, 3.05) is 16.5 Å². The Morgan fingerprint density at radius 3 is 2.78 bits per heavy atom.